The van der Waals surface area contributed by atoms with E-state index in [0.29, 0.717) is 12.5 Å². The molecule has 1 aromatic carbocycles. The maximum atomic E-state index is 12.3. The first kappa shape index (κ1) is 16.0. The first-order valence-corrected chi connectivity index (χ1v) is 8.03. The second-order valence-electron chi connectivity index (χ2n) is 6.25. The Balaban J connectivity index is 1.73. The van der Waals surface area contributed by atoms with Gasteiger partial charge >= 0.3 is 0 Å². The second-order valence-corrected chi connectivity index (χ2v) is 6.25. The Kier molecular flexibility index (Phi) is 5.80. The Morgan fingerprint density at radius 2 is 1.86 bits per heavy atom. The summed E-state index contributed by atoms with van der Waals surface area (Å²) in [6.45, 7) is 7.89. The lowest BCUT2D eigenvalue weighted by Crippen LogP contribution is -2.41. The number of aryl methyl sites for hydroxylation is 2. The van der Waals surface area contributed by atoms with E-state index in [4.69, 9.17) is 4.74 Å². The van der Waals surface area contributed by atoms with Crippen LogP contribution in [-0.2, 0) is 16.0 Å². The van der Waals surface area contributed by atoms with Crippen molar-refractivity contribution >= 4 is 5.91 Å². The van der Waals surface area contributed by atoms with E-state index in [0.717, 1.165) is 32.4 Å². The van der Waals surface area contributed by atoms with Gasteiger partial charge in [-0.3, -0.25) is 4.79 Å². The Morgan fingerprint density at radius 1 is 1.24 bits per heavy atom. The van der Waals surface area contributed by atoms with Crippen molar-refractivity contribution in [2.24, 2.45) is 0 Å². The van der Waals surface area contributed by atoms with Gasteiger partial charge in [-0.15, -0.1) is 0 Å². The maximum Gasteiger partial charge on any atom is 0.222 e. The molecular formula is C18H27NO2. The normalized spacial score (nSPS) is 16.5. The number of carbonyl (C=O) groups excluding carboxylic acids is 1. The van der Waals surface area contributed by atoms with E-state index in [1.807, 2.05) is 4.90 Å². The molecule has 0 spiro atoms. The monoisotopic (exact) mass is 289 g/mol. The van der Waals surface area contributed by atoms with Gasteiger partial charge in [-0.2, -0.15) is 0 Å². The van der Waals surface area contributed by atoms with Crippen molar-refractivity contribution < 1.29 is 9.53 Å². The molecule has 1 saturated heterocycles. The van der Waals surface area contributed by atoms with Gasteiger partial charge in [-0.1, -0.05) is 29.8 Å². The summed E-state index contributed by atoms with van der Waals surface area (Å²) < 4.78 is 5.82. The van der Waals surface area contributed by atoms with Gasteiger partial charge in [0.15, 0.2) is 0 Å². The van der Waals surface area contributed by atoms with Crippen LogP contribution in [0.3, 0.4) is 0 Å². The minimum Gasteiger partial charge on any atom is -0.375 e. The predicted molar refractivity (Wildman–Crippen MR) is 85.3 cm³/mol. The van der Waals surface area contributed by atoms with Crippen LogP contribution in [0, 0.1) is 6.92 Å². The van der Waals surface area contributed by atoms with Crippen molar-refractivity contribution in [1.29, 1.82) is 0 Å². The molecule has 0 aliphatic carbocycles. The van der Waals surface area contributed by atoms with Crippen LogP contribution in [0.25, 0.3) is 0 Å². The van der Waals surface area contributed by atoms with Crippen LogP contribution in [0.4, 0.5) is 0 Å². The van der Waals surface area contributed by atoms with E-state index in [-0.39, 0.29) is 12.0 Å². The fraction of sp³-hybridized carbons (Fsp3) is 0.611. The molecule has 0 bridgehead atoms. The molecule has 1 aromatic rings. The molecule has 0 radical (unpaired) electrons. The molecule has 3 nitrogen and oxygen atoms in total. The molecule has 1 amide bonds. The molecule has 0 unspecified atom stereocenters. The molecule has 0 saturated carbocycles. The highest BCUT2D eigenvalue weighted by atomic mass is 16.5. The van der Waals surface area contributed by atoms with Crippen molar-refractivity contribution in [3.63, 3.8) is 0 Å². The minimum absolute atomic E-state index is 0.276. The number of benzene rings is 1. The lowest BCUT2D eigenvalue weighted by molar-refractivity contribution is -0.134. The van der Waals surface area contributed by atoms with Gasteiger partial charge in [0.1, 0.15) is 0 Å². The summed E-state index contributed by atoms with van der Waals surface area (Å²) >= 11 is 0. The average Bonchev–Trinajstić information content (AvgIpc) is 2.46. The Hall–Kier alpha value is -1.35. The van der Waals surface area contributed by atoms with Crippen LogP contribution in [0.2, 0.25) is 0 Å². The number of hydrogen-bond donors (Lipinski definition) is 0. The first-order valence-electron chi connectivity index (χ1n) is 8.03. The van der Waals surface area contributed by atoms with Crippen LogP contribution >= 0.6 is 0 Å². The molecule has 116 valence electrons. The molecular weight excluding hydrogens is 262 g/mol. The third-order valence-corrected chi connectivity index (χ3v) is 4.01. The van der Waals surface area contributed by atoms with Crippen LogP contribution in [0.15, 0.2) is 24.3 Å². The SMILES string of the molecule is Cc1ccc(CCC(=O)N2CCC(OC(C)C)CC2)cc1. The number of likely N-dealkylation sites (tertiary alicyclic amines) is 1. The number of hydrogen-bond acceptors (Lipinski definition) is 2. The van der Waals surface area contributed by atoms with E-state index >= 15 is 0 Å². The highest BCUT2D eigenvalue weighted by Crippen LogP contribution is 2.17. The Labute approximate surface area is 128 Å². The van der Waals surface area contributed by atoms with Gasteiger partial charge in [-0.25, -0.2) is 0 Å². The summed E-state index contributed by atoms with van der Waals surface area (Å²) in [5.41, 5.74) is 2.50. The second kappa shape index (κ2) is 7.60. The van der Waals surface area contributed by atoms with Gasteiger partial charge < -0.3 is 9.64 Å². The van der Waals surface area contributed by atoms with Crippen LogP contribution < -0.4 is 0 Å². The van der Waals surface area contributed by atoms with E-state index < -0.39 is 0 Å². The number of amides is 1. The summed E-state index contributed by atoms with van der Waals surface area (Å²) in [6, 6.07) is 8.44. The van der Waals surface area contributed by atoms with Gasteiger partial charge in [0, 0.05) is 19.5 Å². The van der Waals surface area contributed by atoms with Crippen molar-refractivity contribution in [1.82, 2.24) is 4.90 Å². The fourth-order valence-electron chi connectivity index (χ4n) is 2.79. The molecule has 1 aliphatic rings. The predicted octanol–water partition coefficient (Wildman–Crippen LogP) is 3.34. The molecule has 0 atom stereocenters. The molecule has 0 aromatic heterocycles. The Bertz CT molecular complexity index is 445. The first-order chi connectivity index (χ1) is 10.0. The van der Waals surface area contributed by atoms with Crippen molar-refractivity contribution in [2.75, 3.05) is 13.1 Å². The highest BCUT2D eigenvalue weighted by Gasteiger charge is 2.23. The van der Waals surface area contributed by atoms with E-state index in [1.165, 1.54) is 11.1 Å². The third-order valence-electron chi connectivity index (χ3n) is 4.01. The molecule has 2 rings (SSSR count). The minimum atomic E-state index is 0.276. The zero-order valence-electron chi connectivity index (χ0n) is 13.5. The molecule has 3 heteroatoms. The van der Waals surface area contributed by atoms with Gasteiger partial charge in [0.05, 0.1) is 12.2 Å². The quantitative estimate of drug-likeness (QED) is 0.832. The summed E-state index contributed by atoms with van der Waals surface area (Å²) in [5.74, 6) is 0.276. The summed E-state index contributed by atoms with van der Waals surface area (Å²) in [6.07, 6.45) is 3.98. The largest absolute Gasteiger partial charge is 0.375 e. The summed E-state index contributed by atoms with van der Waals surface area (Å²) in [7, 11) is 0. The van der Waals surface area contributed by atoms with E-state index in [1.54, 1.807) is 0 Å². The topological polar surface area (TPSA) is 29.5 Å². The van der Waals surface area contributed by atoms with Crippen LogP contribution in [-0.4, -0.2) is 36.1 Å². The lowest BCUT2D eigenvalue weighted by Gasteiger charge is -2.33. The smallest absolute Gasteiger partial charge is 0.222 e. The van der Waals surface area contributed by atoms with Gasteiger partial charge in [0.2, 0.25) is 5.91 Å². The molecule has 1 heterocycles. The van der Waals surface area contributed by atoms with Crippen LogP contribution in [0.5, 0.6) is 0 Å². The van der Waals surface area contributed by atoms with Crippen molar-refractivity contribution in [3.8, 4) is 0 Å². The van der Waals surface area contributed by atoms with E-state index in [9.17, 15) is 4.79 Å². The fourth-order valence-corrected chi connectivity index (χ4v) is 2.79. The zero-order chi connectivity index (χ0) is 15.2. The van der Waals surface area contributed by atoms with E-state index in [2.05, 4.69) is 45.0 Å². The number of ether oxygens (including phenoxy) is 1. The highest BCUT2D eigenvalue weighted by molar-refractivity contribution is 5.76. The Morgan fingerprint density at radius 3 is 2.43 bits per heavy atom. The summed E-state index contributed by atoms with van der Waals surface area (Å²) in [5, 5.41) is 0. The summed E-state index contributed by atoms with van der Waals surface area (Å²) in [4.78, 5) is 14.2. The lowest BCUT2D eigenvalue weighted by atomic mass is 10.0. The van der Waals surface area contributed by atoms with Gasteiger partial charge in [0.25, 0.3) is 0 Å². The zero-order valence-corrected chi connectivity index (χ0v) is 13.5. The molecule has 1 aliphatic heterocycles. The molecule has 0 N–H and O–H groups in total. The maximum absolute atomic E-state index is 12.3. The number of carbonyl (C=O) groups is 1. The van der Waals surface area contributed by atoms with Crippen molar-refractivity contribution in [3.05, 3.63) is 35.4 Å². The van der Waals surface area contributed by atoms with Crippen LogP contribution in [0.1, 0.15) is 44.2 Å². The average molecular weight is 289 g/mol. The number of nitrogens with zero attached hydrogens (tertiary/aromatic N) is 1. The van der Waals surface area contributed by atoms with Crippen molar-refractivity contribution in [2.45, 2.75) is 58.7 Å². The molecule has 21 heavy (non-hydrogen) atoms. The third kappa shape index (κ3) is 5.16. The number of piperidine rings is 1. The molecule has 1 fully saturated rings. The van der Waals surface area contributed by atoms with Gasteiger partial charge in [-0.05, 0) is 45.6 Å². The number of rotatable bonds is 5. The standard InChI is InChI=1S/C18H27NO2/c1-14(2)21-17-10-12-19(13-11-17)18(20)9-8-16-6-4-15(3)5-7-16/h4-7,14,17H,8-13H2,1-3H3.